The van der Waals surface area contributed by atoms with Crippen LogP contribution in [0.5, 0.6) is 5.75 Å². The summed E-state index contributed by atoms with van der Waals surface area (Å²) < 4.78 is 8.62. The summed E-state index contributed by atoms with van der Waals surface area (Å²) in [5.74, 6) is 1.88. The van der Waals surface area contributed by atoms with E-state index in [1.54, 1.807) is 11.8 Å². The van der Waals surface area contributed by atoms with Crippen LogP contribution in [0, 0.1) is 0 Å². The Hall–Kier alpha value is -3.66. The second-order valence-electron chi connectivity index (χ2n) is 8.09. The second kappa shape index (κ2) is 10.1. The van der Waals surface area contributed by atoms with E-state index in [2.05, 4.69) is 20.8 Å². The van der Waals surface area contributed by atoms with Gasteiger partial charge in [0.1, 0.15) is 11.6 Å². The number of rotatable bonds is 8. The summed E-state index contributed by atoms with van der Waals surface area (Å²) in [6.45, 7) is 0. The van der Waals surface area contributed by atoms with Gasteiger partial charge in [-0.3, -0.25) is 4.79 Å². The number of anilines is 1. The summed E-state index contributed by atoms with van der Waals surface area (Å²) in [4.78, 5) is 12.9. The van der Waals surface area contributed by atoms with E-state index in [0.717, 1.165) is 35.7 Å². The molecule has 1 aliphatic rings. The maximum atomic E-state index is 12.9. The fraction of sp³-hybridized carbons (Fsp3) is 0.292. The molecular formula is C24H25N7O2S. The van der Waals surface area contributed by atoms with Gasteiger partial charge in [0, 0.05) is 12.0 Å². The number of nitrogens with one attached hydrogen (secondary N) is 1. The number of carbonyl (C=O) groups excluding carboxylic acids is 1. The summed E-state index contributed by atoms with van der Waals surface area (Å²) in [6.07, 6.45) is 4.74. The monoisotopic (exact) mass is 475 g/mol. The summed E-state index contributed by atoms with van der Waals surface area (Å²) >= 11 is 1.27. The average Bonchev–Trinajstić information content (AvgIpc) is 3.64. The fourth-order valence-corrected chi connectivity index (χ4v) is 4.83. The Kier molecular flexibility index (Phi) is 6.57. The third kappa shape index (κ3) is 4.81. The second-order valence-corrected chi connectivity index (χ2v) is 9.03. The van der Waals surface area contributed by atoms with Crippen LogP contribution in [-0.4, -0.2) is 48.8 Å². The zero-order valence-electron chi connectivity index (χ0n) is 18.8. The molecule has 0 radical (unpaired) electrons. The van der Waals surface area contributed by atoms with E-state index < -0.39 is 0 Å². The van der Waals surface area contributed by atoms with Gasteiger partial charge >= 0.3 is 0 Å². The summed E-state index contributed by atoms with van der Waals surface area (Å²) in [7, 11) is 1.62. The van der Waals surface area contributed by atoms with E-state index in [4.69, 9.17) is 9.84 Å². The van der Waals surface area contributed by atoms with Crippen LogP contribution in [0.1, 0.15) is 37.3 Å². The van der Waals surface area contributed by atoms with E-state index in [1.807, 2.05) is 65.3 Å². The van der Waals surface area contributed by atoms with Crippen LogP contribution in [-0.2, 0) is 4.79 Å². The number of tetrazole rings is 1. The lowest BCUT2D eigenvalue weighted by atomic mass is 10.0. The molecule has 0 saturated heterocycles. The normalized spacial score (nSPS) is 13.8. The van der Waals surface area contributed by atoms with Gasteiger partial charge in [0.25, 0.3) is 0 Å². The van der Waals surface area contributed by atoms with E-state index in [9.17, 15) is 4.79 Å². The summed E-state index contributed by atoms with van der Waals surface area (Å²) in [5, 5.41) is 20.3. The quantitative estimate of drug-likeness (QED) is 0.380. The van der Waals surface area contributed by atoms with Gasteiger partial charge in [0.15, 0.2) is 0 Å². The predicted molar refractivity (Wildman–Crippen MR) is 130 cm³/mol. The zero-order chi connectivity index (χ0) is 23.3. The van der Waals surface area contributed by atoms with Crippen LogP contribution in [0.3, 0.4) is 0 Å². The molecule has 1 fully saturated rings. The lowest BCUT2D eigenvalue weighted by Gasteiger charge is -2.09. The Balaban J connectivity index is 1.30. The Morgan fingerprint density at radius 1 is 1.06 bits per heavy atom. The molecule has 34 heavy (non-hydrogen) atoms. The minimum Gasteiger partial charge on any atom is -0.497 e. The fourth-order valence-electron chi connectivity index (χ4n) is 4.14. The number of benzene rings is 2. The number of aromatic nitrogens is 6. The molecule has 5 rings (SSSR count). The maximum absolute atomic E-state index is 12.9. The number of hydrogen-bond donors (Lipinski definition) is 1. The number of para-hydroxylation sites is 1. The van der Waals surface area contributed by atoms with Crippen molar-refractivity contribution in [2.24, 2.45) is 0 Å². The first-order valence-electron chi connectivity index (χ1n) is 11.2. The highest BCUT2D eigenvalue weighted by atomic mass is 32.2. The van der Waals surface area contributed by atoms with Crippen LogP contribution < -0.4 is 10.1 Å². The number of carbonyl (C=O) groups is 1. The van der Waals surface area contributed by atoms with Crippen LogP contribution in [0.4, 0.5) is 5.82 Å². The van der Waals surface area contributed by atoms with E-state index in [-0.39, 0.29) is 11.7 Å². The first-order chi connectivity index (χ1) is 16.7. The lowest BCUT2D eigenvalue weighted by Crippen LogP contribution is -2.17. The number of nitrogens with zero attached hydrogens (tertiary/aromatic N) is 6. The van der Waals surface area contributed by atoms with Crippen molar-refractivity contribution in [2.75, 3.05) is 18.2 Å². The maximum Gasteiger partial charge on any atom is 0.236 e. The molecule has 1 saturated carbocycles. The van der Waals surface area contributed by atoms with Gasteiger partial charge in [-0.2, -0.15) is 9.78 Å². The largest absolute Gasteiger partial charge is 0.497 e. The highest BCUT2D eigenvalue weighted by Gasteiger charge is 2.23. The summed E-state index contributed by atoms with van der Waals surface area (Å²) in [5.41, 5.74) is 2.74. The minimum absolute atomic E-state index is 0.149. The SMILES string of the molecule is COc1ccc(-n2nnnc2SCC(=O)Nc2cc(C3CCCC3)nn2-c2ccccc2)cc1. The zero-order valence-corrected chi connectivity index (χ0v) is 19.6. The molecule has 9 nitrogen and oxygen atoms in total. The number of methoxy groups -OCH3 is 1. The van der Waals surface area contributed by atoms with Crippen LogP contribution in [0.25, 0.3) is 11.4 Å². The minimum atomic E-state index is -0.149. The van der Waals surface area contributed by atoms with E-state index in [0.29, 0.717) is 16.9 Å². The molecule has 4 aromatic rings. The van der Waals surface area contributed by atoms with Crippen molar-refractivity contribution in [1.29, 1.82) is 0 Å². The molecule has 0 bridgehead atoms. The van der Waals surface area contributed by atoms with Crippen molar-refractivity contribution in [3.05, 3.63) is 66.4 Å². The molecule has 1 N–H and O–H groups in total. The van der Waals surface area contributed by atoms with Crippen molar-refractivity contribution in [2.45, 2.75) is 36.8 Å². The standard InChI is InChI=1S/C24H25N7O2S/c1-33-20-13-11-19(12-14-20)31-24(26-28-29-31)34-16-23(32)25-22-15-21(17-7-5-6-8-17)27-30(22)18-9-3-2-4-10-18/h2-4,9-15,17H,5-8,16H2,1H3,(H,25,32). The first kappa shape index (κ1) is 22.1. The van der Waals surface area contributed by atoms with Gasteiger partial charge in [0.2, 0.25) is 11.1 Å². The first-order valence-corrected chi connectivity index (χ1v) is 12.2. The van der Waals surface area contributed by atoms with E-state index in [1.165, 1.54) is 24.6 Å². The van der Waals surface area contributed by atoms with Gasteiger partial charge in [0.05, 0.1) is 29.9 Å². The van der Waals surface area contributed by atoms with Crippen molar-refractivity contribution in [1.82, 2.24) is 30.0 Å². The molecule has 0 unspecified atom stereocenters. The molecule has 2 aromatic heterocycles. The number of thioether (sulfide) groups is 1. The lowest BCUT2D eigenvalue weighted by molar-refractivity contribution is -0.113. The Morgan fingerprint density at radius 3 is 2.53 bits per heavy atom. The molecule has 1 aliphatic carbocycles. The molecule has 0 aliphatic heterocycles. The van der Waals surface area contributed by atoms with Crippen molar-refractivity contribution >= 4 is 23.5 Å². The molecule has 0 atom stereocenters. The predicted octanol–water partition coefficient (Wildman–Crippen LogP) is 4.25. The molecule has 2 aromatic carbocycles. The topological polar surface area (TPSA) is 99.8 Å². The Labute approximate surface area is 201 Å². The van der Waals surface area contributed by atoms with Crippen LogP contribution in [0.15, 0.2) is 65.8 Å². The third-order valence-corrected chi connectivity index (χ3v) is 6.78. The number of hydrogen-bond acceptors (Lipinski definition) is 7. The van der Waals surface area contributed by atoms with Crippen molar-refractivity contribution in [3.8, 4) is 17.1 Å². The highest BCUT2D eigenvalue weighted by molar-refractivity contribution is 7.99. The van der Waals surface area contributed by atoms with Crippen molar-refractivity contribution in [3.63, 3.8) is 0 Å². The van der Waals surface area contributed by atoms with Gasteiger partial charge < -0.3 is 10.1 Å². The van der Waals surface area contributed by atoms with E-state index >= 15 is 0 Å². The van der Waals surface area contributed by atoms with Gasteiger partial charge in [-0.05, 0) is 59.7 Å². The third-order valence-electron chi connectivity index (χ3n) is 5.86. The smallest absolute Gasteiger partial charge is 0.236 e. The number of amides is 1. The Bertz CT molecular complexity index is 1250. The van der Waals surface area contributed by atoms with Crippen LogP contribution in [0.2, 0.25) is 0 Å². The molecular weight excluding hydrogens is 450 g/mol. The van der Waals surface area contributed by atoms with Crippen LogP contribution >= 0.6 is 11.8 Å². The molecule has 1 amide bonds. The highest BCUT2D eigenvalue weighted by Crippen LogP contribution is 2.35. The Morgan fingerprint density at radius 2 is 1.79 bits per heavy atom. The van der Waals surface area contributed by atoms with Gasteiger partial charge in [-0.15, -0.1) is 5.10 Å². The molecule has 10 heteroatoms. The number of ether oxygens (including phenoxy) is 1. The summed E-state index contributed by atoms with van der Waals surface area (Å²) in [6, 6.07) is 19.3. The van der Waals surface area contributed by atoms with Gasteiger partial charge in [-0.25, -0.2) is 4.68 Å². The molecule has 174 valence electrons. The van der Waals surface area contributed by atoms with Crippen molar-refractivity contribution < 1.29 is 9.53 Å². The molecule has 2 heterocycles. The van der Waals surface area contributed by atoms with Gasteiger partial charge in [-0.1, -0.05) is 42.8 Å². The average molecular weight is 476 g/mol. The molecule has 0 spiro atoms.